The summed E-state index contributed by atoms with van der Waals surface area (Å²) in [5, 5.41) is 5.93. The third kappa shape index (κ3) is 4.18. The zero-order valence-electron chi connectivity index (χ0n) is 13.9. The first kappa shape index (κ1) is 16.1. The van der Waals surface area contributed by atoms with Crippen LogP contribution in [0.15, 0.2) is 48.4 Å². The number of thiazole rings is 1. The molecule has 1 aliphatic heterocycles. The third-order valence-electron chi connectivity index (χ3n) is 4.41. The van der Waals surface area contributed by atoms with Gasteiger partial charge >= 0.3 is 0 Å². The van der Waals surface area contributed by atoms with Crippen LogP contribution >= 0.6 is 11.3 Å². The summed E-state index contributed by atoms with van der Waals surface area (Å²) in [6.07, 6.45) is 9.68. The first-order valence-electron chi connectivity index (χ1n) is 8.47. The molecule has 3 aromatic heterocycles. The molecule has 25 heavy (non-hydrogen) atoms. The van der Waals surface area contributed by atoms with Gasteiger partial charge in [-0.05, 0) is 43.1 Å². The van der Waals surface area contributed by atoms with E-state index in [1.165, 1.54) is 18.4 Å². The number of hydrogen-bond acceptors (Lipinski definition) is 7. The van der Waals surface area contributed by atoms with Crippen LogP contribution in [-0.4, -0.2) is 37.9 Å². The Morgan fingerprint density at radius 1 is 1.12 bits per heavy atom. The smallest absolute Gasteiger partial charge is 0.229 e. The molecule has 4 rings (SSSR count). The molecule has 3 aromatic rings. The van der Waals surface area contributed by atoms with E-state index < -0.39 is 0 Å². The molecule has 4 heterocycles. The van der Waals surface area contributed by atoms with Crippen molar-refractivity contribution < 1.29 is 0 Å². The molecular formula is C18H20N6S. The van der Waals surface area contributed by atoms with Crippen LogP contribution in [0, 0.1) is 0 Å². The van der Waals surface area contributed by atoms with E-state index in [4.69, 9.17) is 4.98 Å². The Kier molecular flexibility index (Phi) is 4.94. The van der Waals surface area contributed by atoms with Crippen LogP contribution in [0.25, 0.3) is 0 Å². The van der Waals surface area contributed by atoms with Crippen LogP contribution in [0.3, 0.4) is 0 Å². The molecule has 6 nitrogen and oxygen atoms in total. The summed E-state index contributed by atoms with van der Waals surface area (Å²) >= 11 is 1.55. The van der Waals surface area contributed by atoms with E-state index in [1.54, 1.807) is 17.5 Å². The fraction of sp³-hybridized carbons (Fsp3) is 0.333. The summed E-state index contributed by atoms with van der Waals surface area (Å²) in [6.45, 7) is 3.12. The van der Waals surface area contributed by atoms with Gasteiger partial charge in [-0.25, -0.2) is 15.0 Å². The molecule has 0 bridgehead atoms. The molecule has 1 unspecified atom stereocenters. The molecule has 0 radical (unpaired) electrons. The lowest BCUT2D eigenvalue weighted by Crippen LogP contribution is -2.34. The maximum Gasteiger partial charge on any atom is 0.229 e. The van der Waals surface area contributed by atoms with Crippen LogP contribution in [-0.2, 0) is 6.54 Å². The molecule has 0 aliphatic carbocycles. The maximum absolute atomic E-state index is 4.72. The first-order valence-corrected chi connectivity index (χ1v) is 9.35. The largest absolute Gasteiger partial charge is 0.300 e. The molecule has 0 aromatic carbocycles. The minimum absolute atomic E-state index is 0.440. The standard InChI is InChI=1S/C18H20N6S/c1-2-15(13-24(10-1)12-14-3-6-19-7-4-14)16-5-8-20-17(22-16)23-18-21-9-11-25-18/h3-9,11,15H,1-2,10,12-13H2,(H,20,21,22,23). The predicted octanol–water partition coefficient (Wildman–Crippen LogP) is 3.45. The second-order valence-corrected chi connectivity index (χ2v) is 7.09. The molecule has 1 fully saturated rings. The number of nitrogens with zero attached hydrogens (tertiary/aromatic N) is 5. The van der Waals surface area contributed by atoms with Crippen LogP contribution in [0.5, 0.6) is 0 Å². The van der Waals surface area contributed by atoms with E-state index >= 15 is 0 Å². The second-order valence-electron chi connectivity index (χ2n) is 6.20. The zero-order valence-corrected chi connectivity index (χ0v) is 14.7. The van der Waals surface area contributed by atoms with Crippen LogP contribution in [0.4, 0.5) is 11.1 Å². The van der Waals surface area contributed by atoms with E-state index in [1.807, 2.05) is 30.0 Å². The molecule has 1 aliphatic rings. The summed E-state index contributed by atoms with van der Waals surface area (Å²) in [5.74, 6) is 1.06. The Bertz CT molecular complexity index is 792. The quantitative estimate of drug-likeness (QED) is 0.759. The molecule has 0 saturated carbocycles. The number of pyridine rings is 1. The van der Waals surface area contributed by atoms with Crippen molar-refractivity contribution in [3.8, 4) is 0 Å². The van der Waals surface area contributed by atoms with Gasteiger partial charge in [0.25, 0.3) is 0 Å². The fourth-order valence-corrected chi connectivity index (χ4v) is 3.75. The Morgan fingerprint density at radius 3 is 2.88 bits per heavy atom. The van der Waals surface area contributed by atoms with Crippen molar-refractivity contribution in [3.05, 3.63) is 59.6 Å². The number of aromatic nitrogens is 4. The van der Waals surface area contributed by atoms with E-state index in [-0.39, 0.29) is 0 Å². The maximum atomic E-state index is 4.72. The van der Waals surface area contributed by atoms with E-state index in [0.717, 1.165) is 30.5 Å². The molecule has 7 heteroatoms. The summed E-state index contributed by atoms with van der Waals surface area (Å²) < 4.78 is 0. The summed E-state index contributed by atoms with van der Waals surface area (Å²) in [6, 6.07) is 6.21. The van der Waals surface area contributed by atoms with Gasteiger partial charge in [0, 0.05) is 49.2 Å². The third-order valence-corrected chi connectivity index (χ3v) is 5.10. The molecule has 1 saturated heterocycles. The number of nitrogens with one attached hydrogen (secondary N) is 1. The van der Waals surface area contributed by atoms with Gasteiger partial charge in [-0.1, -0.05) is 0 Å². The van der Waals surface area contributed by atoms with Crippen LogP contribution < -0.4 is 5.32 Å². The predicted molar refractivity (Wildman–Crippen MR) is 98.9 cm³/mol. The average Bonchev–Trinajstić information content (AvgIpc) is 3.16. The van der Waals surface area contributed by atoms with E-state index in [2.05, 4.69) is 37.3 Å². The van der Waals surface area contributed by atoms with E-state index in [9.17, 15) is 0 Å². The highest BCUT2D eigenvalue weighted by Crippen LogP contribution is 2.27. The van der Waals surface area contributed by atoms with Crippen LogP contribution in [0.2, 0.25) is 0 Å². The number of likely N-dealkylation sites (tertiary alicyclic amines) is 1. The van der Waals surface area contributed by atoms with Crippen molar-refractivity contribution >= 4 is 22.4 Å². The van der Waals surface area contributed by atoms with Gasteiger partial charge < -0.3 is 5.32 Å². The van der Waals surface area contributed by atoms with Crippen LogP contribution in [0.1, 0.15) is 30.0 Å². The topological polar surface area (TPSA) is 66.8 Å². The SMILES string of the molecule is c1cc(CN2CCCC(c3ccnc(Nc4nccs4)n3)C2)ccn1. The Labute approximate surface area is 151 Å². The molecule has 1 N–H and O–H groups in total. The monoisotopic (exact) mass is 352 g/mol. The lowest BCUT2D eigenvalue weighted by atomic mass is 9.94. The molecule has 128 valence electrons. The lowest BCUT2D eigenvalue weighted by Gasteiger charge is -2.32. The van der Waals surface area contributed by atoms with Crippen molar-refractivity contribution in [2.75, 3.05) is 18.4 Å². The number of anilines is 2. The minimum Gasteiger partial charge on any atom is -0.300 e. The van der Waals surface area contributed by atoms with Crippen molar-refractivity contribution in [1.29, 1.82) is 0 Å². The summed E-state index contributed by atoms with van der Waals surface area (Å²) in [4.78, 5) is 19.9. The molecular weight excluding hydrogens is 332 g/mol. The van der Waals surface area contributed by atoms with Gasteiger partial charge in [0.15, 0.2) is 5.13 Å². The van der Waals surface area contributed by atoms with Gasteiger partial charge in [-0.2, -0.15) is 0 Å². The fourth-order valence-electron chi connectivity index (χ4n) is 3.23. The molecule has 0 amide bonds. The number of piperidine rings is 1. The Hall–Kier alpha value is -2.38. The average molecular weight is 352 g/mol. The highest BCUT2D eigenvalue weighted by atomic mass is 32.1. The molecule has 0 spiro atoms. The van der Waals surface area contributed by atoms with Crippen molar-refractivity contribution in [2.24, 2.45) is 0 Å². The van der Waals surface area contributed by atoms with Crippen molar-refractivity contribution in [3.63, 3.8) is 0 Å². The zero-order chi connectivity index (χ0) is 16.9. The van der Waals surface area contributed by atoms with Gasteiger partial charge in [-0.3, -0.25) is 9.88 Å². The first-order chi connectivity index (χ1) is 12.4. The lowest BCUT2D eigenvalue weighted by molar-refractivity contribution is 0.198. The summed E-state index contributed by atoms with van der Waals surface area (Å²) in [5.41, 5.74) is 2.41. The van der Waals surface area contributed by atoms with Crippen molar-refractivity contribution in [1.82, 2.24) is 24.8 Å². The van der Waals surface area contributed by atoms with Crippen molar-refractivity contribution in [2.45, 2.75) is 25.3 Å². The van der Waals surface area contributed by atoms with Gasteiger partial charge in [-0.15, -0.1) is 11.3 Å². The Morgan fingerprint density at radius 2 is 2.04 bits per heavy atom. The molecule has 1 atom stereocenters. The minimum atomic E-state index is 0.440. The van der Waals surface area contributed by atoms with E-state index in [0.29, 0.717) is 11.9 Å². The van der Waals surface area contributed by atoms with Gasteiger partial charge in [0.2, 0.25) is 5.95 Å². The number of hydrogen-bond donors (Lipinski definition) is 1. The van der Waals surface area contributed by atoms with Gasteiger partial charge in [0.1, 0.15) is 0 Å². The highest BCUT2D eigenvalue weighted by Gasteiger charge is 2.22. The summed E-state index contributed by atoms with van der Waals surface area (Å²) in [7, 11) is 0. The number of rotatable bonds is 5. The highest BCUT2D eigenvalue weighted by molar-refractivity contribution is 7.13. The van der Waals surface area contributed by atoms with Gasteiger partial charge in [0.05, 0.1) is 5.69 Å². The normalized spacial score (nSPS) is 18.2. The Balaban J connectivity index is 1.44. The second kappa shape index (κ2) is 7.67.